The summed E-state index contributed by atoms with van der Waals surface area (Å²) < 4.78 is 0. The topological polar surface area (TPSA) is 72.2 Å². The number of hydrogen-bond acceptors (Lipinski definition) is 3. The van der Waals surface area contributed by atoms with Crippen LogP contribution in [0.25, 0.3) is 0 Å². The Bertz CT molecular complexity index is 463. The molecule has 1 aromatic rings. The molecule has 2 amide bonds. The molecule has 4 nitrogen and oxygen atoms in total. The van der Waals surface area contributed by atoms with Gasteiger partial charge in [-0.05, 0) is 23.4 Å². The quantitative estimate of drug-likeness (QED) is 0.873. The summed E-state index contributed by atoms with van der Waals surface area (Å²) in [7, 11) is 0. The summed E-state index contributed by atoms with van der Waals surface area (Å²) in [4.78, 5) is 22.6. The summed E-state index contributed by atoms with van der Waals surface area (Å²) in [6.07, 6.45) is 0. The maximum absolute atomic E-state index is 11.6. The van der Waals surface area contributed by atoms with Crippen LogP contribution in [0.15, 0.2) is 18.2 Å². The monoisotopic (exact) mass is 286 g/mol. The van der Waals surface area contributed by atoms with Crippen molar-refractivity contribution in [3.63, 3.8) is 0 Å². The molecule has 3 N–H and O–H groups in total. The molecule has 0 aliphatic carbocycles. The summed E-state index contributed by atoms with van der Waals surface area (Å²) in [5.41, 5.74) is 5.93. The molecule has 0 bridgehead atoms. The number of carbonyl (C=O) groups is 2. The minimum absolute atomic E-state index is 0.100. The Morgan fingerprint density at radius 1 is 1.44 bits per heavy atom. The number of nitrogens with one attached hydrogen (secondary N) is 1. The lowest BCUT2D eigenvalue weighted by Gasteiger charge is -2.08. The number of nitrogens with two attached hydrogens (primary N) is 1. The van der Waals surface area contributed by atoms with Crippen LogP contribution in [0.1, 0.15) is 24.2 Å². The van der Waals surface area contributed by atoms with Gasteiger partial charge in [0.25, 0.3) is 0 Å². The smallest absolute Gasteiger partial charge is 0.250 e. The van der Waals surface area contributed by atoms with Gasteiger partial charge in [-0.15, -0.1) is 11.8 Å². The van der Waals surface area contributed by atoms with E-state index in [1.165, 1.54) is 12.1 Å². The molecule has 1 rings (SSSR count). The largest absolute Gasteiger partial charge is 0.366 e. The minimum Gasteiger partial charge on any atom is -0.366 e. The van der Waals surface area contributed by atoms with E-state index in [1.54, 1.807) is 17.8 Å². The van der Waals surface area contributed by atoms with E-state index >= 15 is 0 Å². The maximum atomic E-state index is 11.6. The van der Waals surface area contributed by atoms with Gasteiger partial charge in [0.15, 0.2) is 0 Å². The highest BCUT2D eigenvalue weighted by Gasteiger charge is 2.09. The Morgan fingerprint density at radius 3 is 2.61 bits per heavy atom. The first-order chi connectivity index (χ1) is 8.40. The molecule has 98 valence electrons. The summed E-state index contributed by atoms with van der Waals surface area (Å²) in [6, 6.07) is 4.61. The third-order valence-corrected chi connectivity index (χ3v) is 3.47. The molecule has 0 saturated heterocycles. The van der Waals surface area contributed by atoms with Crippen molar-refractivity contribution in [1.82, 2.24) is 0 Å². The number of carbonyl (C=O) groups excluding carboxylic acids is 2. The van der Waals surface area contributed by atoms with Crippen LogP contribution in [0, 0.1) is 0 Å². The van der Waals surface area contributed by atoms with Gasteiger partial charge in [-0.3, -0.25) is 9.59 Å². The van der Waals surface area contributed by atoms with Crippen LogP contribution >= 0.6 is 23.4 Å². The van der Waals surface area contributed by atoms with Crippen LogP contribution in [0.4, 0.5) is 5.69 Å². The Kier molecular flexibility index (Phi) is 5.50. The van der Waals surface area contributed by atoms with Crippen LogP contribution < -0.4 is 11.1 Å². The van der Waals surface area contributed by atoms with Crippen molar-refractivity contribution in [1.29, 1.82) is 0 Å². The highest BCUT2D eigenvalue weighted by Crippen LogP contribution is 2.21. The van der Waals surface area contributed by atoms with Gasteiger partial charge in [-0.25, -0.2) is 0 Å². The number of primary amides is 1. The lowest BCUT2D eigenvalue weighted by Crippen LogP contribution is -2.16. The van der Waals surface area contributed by atoms with E-state index in [1.807, 2.05) is 13.8 Å². The number of rotatable bonds is 5. The van der Waals surface area contributed by atoms with E-state index in [2.05, 4.69) is 5.32 Å². The zero-order chi connectivity index (χ0) is 13.7. The summed E-state index contributed by atoms with van der Waals surface area (Å²) in [5, 5.41) is 3.34. The predicted octanol–water partition coefficient (Wildman–Crippen LogP) is 2.52. The van der Waals surface area contributed by atoms with Crippen molar-refractivity contribution in [3.05, 3.63) is 28.8 Å². The van der Waals surface area contributed by atoms with Gasteiger partial charge in [-0.1, -0.05) is 25.4 Å². The van der Waals surface area contributed by atoms with Crippen LogP contribution in [0.2, 0.25) is 5.02 Å². The summed E-state index contributed by atoms with van der Waals surface area (Å²) >= 11 is 7.43. The van der Waals surface area contributed by atoms with Crippen LogP contribution in [0.3, 0.4) is 0 Å². The molecule has 0 unspecified atom stereocenters. The van der Waals surface area contributed by atoms with E-state index in [-0.39, 0.29) is 16.5 Å². The van der Waals surface area contributed by atoms with Crippen molar-refractivity contribution in [2.24, 2.45) is 5.73 Å². The molecular weight excluding hydrogens is 272 g/mol. The van der Waals surface area contributed by atoms with Crippen LogP contribution in [0.5, 0.6) is 0 Å². The normalized spacial score (nSPS) is 10.4. The van der Waals surface area contributed by atoms with E-state index in [9.17, 15) is 9.59 Å². The third-order valence-electron chi connectivity index (χ3n) is 2.07. The first-order valence-corrected chi connectivity index (χ1v) is 6.83. The summed E-state index contributed by atoms with van der Waals surface area (Å²) in [5.74, 6) is -0.308. The molecule has 0 radical (unpaired) electrons. The molecule has 0 atom stereocenters. The SMILES string of the molecule is CC(C)SCC(=O)Nc1ccc(C(N)=O)c(Cl)c1. The highest BCUT2D eigenvalue weighted by molar-refractivity contribution is 8.00. The molecule has 0 saturated carbocycles. The number of halogens is 1. The Labute approximate surface area is 115 Å². The second kappa shape index (κ2) is 6.66. The zero-order valence-electron chi connectivity index (χ0n) is 10.2. The fourth-order valence-corrected chi connectivity index (χ4v) is 2.06. The average Bonchev–Trinajstić information content (AvgIpc) is 2.26. The fourth-order valence-electron chi connectivity index (χ4n) is 1.23. The molecule has 6 heteroatoms. The van der Waals surface area contributed by atoms with Crippen LogP contribution in [-0.4, -0.2) is 22.8 Å². The Balaban J connectivity index is 2.66. The van der Waals surface area contributed by atoms with Gasteiger partial charge < -0.3 is 11.1 Å². The fraction of sp³-hybridized carbons (Fsp3) is 0.333. The summed E-state index contributed by atoms with van der Waals surface area (Å²) in [6.45, 7) is 4.05. The second-order valence-electron chi connectivity index (χ2n) is 3.97. The average molecular weight is 287 g/mol. The first-order valence-electron chi connectivity index (χ1n) is 5.41. The van der Waals surface area contributed by atoms with Crippen molar-refractivity contribution in [2.75, 3.05) is 11.1 Å². The Morgan fingerprint density at radius 2 is 2.11 bits per heavy atom. The second-order valence-corrected chi connectivity index (χ2v) is 5.94. The van der Waals surface area contributed by atoms with Crippen molar-refractivity contribution in [3.8, 4) is 0 Å². The molecule has 0 heterocycles. The van der Waals surface area contributed by atoms with Crippen molar-refractivity contribution in [2.45, 2.75) is 19.1 Å². The van der Waals surface area contributed by atoms with Gasteiger partial charge >= 0.3 is 0 Å². The third kappa shape index (κ3) is 4.58. The van der Waals surface area contributed by atoms with Gasteiger partial charge in [0, 0.05) is 5.69 Å². The minimum atomic E-state index is -0.590. The van der Waals surface area contributed by atoms with E-state index in [0.29, 0.717) is 16.7 Å². The van der Waals surface area contributed by atoms with Gasteiger partial charge in [0.2, 0.25) is 11.8 Å². The van der Waals surface area contributed by atoms with E-state index in [4.69, 9.17) is 17.3 Å². The maximum Gasteiger partial charge on any atom is 0.250 e. The van der Waals surface area contributed by atoms with Gasteiger partial charge in [0.1, 0.15) is 0 Å². The number of hydrogen-bond donors (Lipinski definition) is 2. The van der Waals surface area contributed by atoms with Gasteiger partial charge in [0.05, 0.1) is 16.3 Å². The zero-order valence-corrected chi connectivity index (χ0v) is 11.8. The molecule has 1 aromatic carbocycles. The van der Waals surface area contributed by atoms with Crippen LogP contribution in [-0.2, 0) is 4.79 Å². The molecule has 0 aliphatic heterocycles. The molecular formula is C12H15ClN2O2S. The highest BCUT2D eigenvalue weighted by atomic mass is 35.5. The van der Waals surface area contributed by atoms with Crippen molar-refractivity contribution < 1.29 is 9.59 Å². The lowest BCUT2D eigenvalue weighted by molar-refractivity contribution is -0.113. The molecule has 0 aliphatic rings. The molecule has 0 aromatic heterocycles. The van der Waals surface area contributed by atoms with E-state index in [0.717, 1.165) is 0 Å². The molecule has 18 heavy (non-hydrogen) atoms. The van der Waals surface area contributed by atoms with Crippen molar-refractivity contribution >= 4 is 40.9 Å². The molecule has 0 spiro atoms. The van der Waals surface area contributed by atoms with E-state index < -0.39 is 5.91 Å². The number of thioether (sulfide) groups is 1. The number of amides is 2. The molecule has 0 fully saturated rings. The predicted molar refractivity (Wildman–Crippen MR) is 76.2 cm³/mol. The Hall–Kier alpha value is -1.20. The standard InChI is InChI=1S/C12H15ClN2O2S/c1-7(2)18-6-11(16)15-8-3-4-9(12(14)17)10(13)5-8/h3-5,7H,6H2,1-2H3,(H2,14,17)(H,15,16). The first kappa shape index (κ1) is 14.9. The lowest BCUT2D eigenvalue weighted by atomic mass is 10.2. The number of benzene rings is 1. The number of anilines is 1. The van der Waals surface area contributed by atoms with Gasteiger partial charge in [-0.2, -0.15) is 0 Å².